The quantitative estimate of drug-likeness (QED) is 0.401. The highest BCUT2D eigenvalue weighted by Crippen LogP contribution is 2.32. The molecule has 0 fully saturated rings. The number of hydrogen-bond acceptors (Lipinski definition) is 4. The number of ether oxygens (including phenoxy) is 1. The van der Waals surface area contributed by atoms with Crippen LogP contribution in [0.5, 0.6) is 5.75 Å². The van der Waals surface area contributed by atoms with E-state index >= 15 is 0 Å². The molecule has 2 N–H and O–H groups in total. The molecule has 0 saturated heterocycles. The van der Waals surface area contributed by atoms with Crippen LogP contribution in [0, 0.1) is 5.92 Å². The van der Waals surface area contributed by atoms with Gasteiger partial charge in [-0.1, -0.05) is 80.6 Å². The second kappa shape index (κ2) is 12.7. The number of carbonyl (C=O) groups excluding carboxylic acids is 2. The van der Waals surface area contributed by atoms with Crippen molar-refractivity contribution in [2.24, 2.45) is 11.7 Å². The summed E-state index contributed by atoms with van der Waals surface area (Å²) in [5, 5.41) is 0. The molecule has 200 valence electrons. The van der Waals surface area contributed by atoms with Crippen molar-refractivity contribution < 1.29 is 14.3 Å². The molecule has 3 aromatic rings. The lowest BCUT2D eigenvalue weighted by atomic mass is 9.94. The molecule has 6 nitrogen and oxygen atoms in total. The summed E-state index contributed by atoms with van der Waals surface area (Å²) in [5.74, 6) is 0.365. The normalized spacial score (nSPS) is 14.9. The number of amides is 2. The van der Waals surface area contributed by atoms with Crippen LogP contribution >= 0.6 is 0 Å². The second-order valence-electron chi connectivity index (χ2n) is 10.5. The summed E-state index contributed by atoms with van der Waals surface area (Å²) in [6, 6.07) is 24.9. The third-order valence-electron chi connectivity index (χ3n) is 7.29. The fourth-order valence-electron chi connectivity index (χ4n) is 5.35. The van der Waals surface area contributed by atoms with E-state index in [0.717, 1.165) is 29.8 Å². The minimum Gasteiger partial charge on any atom is -0.497 e. The van der Waals surface area contributed by atoms with Gasteiger partial charge in [0.05, 0.1) is 7.11 Å². The van der Waals surface area contributed by atoms with Gasteiger partial charge in [0.2, 0.25) is 11.8 Å². The van der Waals surface area contributed by atoms with Crippen LogP contribution in [-0.4, -0.2) is 47.9 Å². The van der Waals surface area contributed by atoms with Crippen molar-refractivity contribution in [1.29, 1.82) is 0 Å². The number of aryl methyl sites for hydroxylation is 1. The van der Waals surface area contributed by atoms with Gasteiger partial charge in [-0.2, -0.15) is 0 Å². The predicted octanol–water partition coefficient (Wildman–Crippen LogP) is 4.77. The molecule has 2 atom stereocenters. The van der Waals surface area contributed by atoms with Crippen LogP contribution in [0.4, 0.5) is 0 Å². The number of hydrogen-bond donors (Lipinski definition) is 1. The largest absolute Gasteiger partial charge is 0.497 e. The van der Waals surface area contributed by atoms with Gasteiger partial charge < -0.3 is 15.4 Å². The zero-order valence-corrected chi connectivity index (χ0v) is 22.7. The van der Waals surface area contributed by atoms with Crippen LogP contribution < -0.4 is 10.5 Å². The first-order chi connectivity index (χ1) is 18.4. The van der Waals surface area contributed by atoms with Crippen LogP contribution in [0.25, 0.3) is 0 Å². The van der Waals surface area contributed by atoms with Crippen LogP contribution in [0.15, 0.2) is 78.9 Å². The number of primary amides is 1. The number of fused-ring (bicyclic) bond motifs is 1. The molecule has 3 aromatic carbocycles. The first-order valence-electron chi connectivity index (χ1n) is 13.5. The molecule has 0 radical (unpaired) electrons. The molecule has 0 spiro atoms. The van der Waals surface area contributed by atoms with Gasteiger partial charge in [0.1, 0.15) is 17.8 Å². The minimum atomic E-state index is -0.692. The number of rotatable bonds is 11. The lowest BCUT2D eigenvalue weighted by Crippen LogP contribution is -2.53. The molecular weight excluding hydrogens is 474 g/mol. The Kier molecular flexibility index (Phi) is 9.19. The van der Waals surface area contributed by atoms with Crippen LogP contribution in [0.1, 0.15) is 48.6 Å². The highest BCUT2D eigenvalue weighted by Gasteiger charge is 2.37. The monoisotopic (exact) mass is 513 g/mol. The Labute approximate surface area is 226 Å². The van der Waals surface area contributed by atoms with E-state index in [2.05, 4.69) is 36.9 Å². The maximum atomic E-state index is 14.5. The first kappa shape index (κ1) is 27.4. The Morgan fingerprint density at radius 3 is 2.24 bits per heavy atom. The summed E-state index contributed by atoms with van der Waals surface area (Å²) in [6.45, 7) is 6.00. The lowest BCUT2D eigenvalue weighted by Gasteiger charge is -2.40. The number of nitrogens with two attached hydrogens (primary N) is 1. The van der Waals surface area contributed by atoms with E-state index < -0.39 is 18.0 Å². The van der Waals surface area contributed by atoms with Gasteiger partial charge in [0.15, 0.2) is 0 Å². The van der Waals surface area contributed by atoms with E-state index in [1.165, 1.54) is 11.1 Å². The molecule has 38 heavy (non-hydrogen) atoms. The highest BCUT2D eigenvalue weighted by atomic mass is 16.5. The van der Waals surface area contributed by atoms with Gasteiger partial charge in [-0.05, 0) is 59.6 Å². The maximum absolute atomic E-state index is 14.5. The summed E-state index contributed by atoms with van der Waals surface area (Å²) in [4.78, 5) is 31.3. The van der Waals surface area contributed by atoms with Gasteiger partial charge in [-0.25, -0.2) is 0 Å². The molecular formula is C32H39N3O3. The maximum Gasteiger partial charge on any atom is 0.245 e. The topological polar surface area (TPSA) is 75.9 Å². The van der Waals surface area contributed by atoms with E-state index in [-0.39, 0.29) is 11.8 Å². The third-order valence-corrected chi connectivity index (χ3v) is 7.29. The van der Waals surface area contributed by atoms with Crippen LogP contribution in [-0.2, 0) is 29.0 Å². The summed E-state index contributed by atoms with van der Waals surface area (Å²) in [6.07, 6.45) is 2.02. The molecule has 0 bridgehead atoms. The highest BCUT2D eigenvalue weighted by molar-refractivity contribution is 5.90. The summed E-state index contributed by atoms with van der Waals surface area (Å²) >= 11 is 0. The van der Waals surface area contributed by atoms with Crippen molar-refractivity contribution in [3.63, 3.8) is 0 Å². The van der Waals surface area contributed by atoms with Crippen molar-refractivity contribution >= 4 is 11.8 Å². The Morgan fingerprint density at radius 1 is 0.947 bits per heavy atom. The Hall–Kier alpha value is -3.64. The Bertz CT molecular complexity index is 1210. The lowest BCUT2D eigenvalue weighted by molar-refractivity contribution is -0.145. The van der Waals surface area contributed by atoms with Crippen molar-refractivity contribution in [3.8, 4) is 5.75 Å². The van der Waals surface area contributed by atoms with E-state index in [1.807, 2.05) is 60.7 Å². The first-order valence-corrected chi connectivity index (χ1v) is 13.5. The molecule has 1 aliphatic heterocycles. The van der Waals surface area contributed by atoms with E-state index in [9.17, 15) is 9.59 Å². The molecule has 6 heteroatoms. The van der Waals surface area contributed by atoms with Gasteiger partial charge >= 0.3 is 0 Å². The Morgan fingerprint density at radius 2 is 1.61 bits per heavy atom. The van der Waals surface area contributed by atoms with E-state index in [0.29, 0.717) is 25.9 Å². The minimum absolute atomic E-state index is 0.0832. The van der Waals surface area contributed by atoms with Crippen molar-refractivity contribution in [2.75, 3.05) is 20.2 Å². The van der Waals surface area contributed by atoms with Crippen molar-refractivity contribution in [1.82, 2.24) is 9.80 Å². The average molecular weight is 514 g/mol. The van der Waals surface area contributed by atoms with Gasteiger partial charge in [-0.3, -0.25) is 14.5 Å². The molecule has 1 heterocycles. The van der Waals surface area contributed by atoms with Gasteiger partial charge in [0, 0.05) is 19.6 Å². The number of carbonyl (C=O) groups is 2. The number of methoxy groups -OCH3 is 1. The standard InChI is InChI=1S/C32H39N3O3/c1-23(2)21-35(29(31(33)36)18-13-24-9-5-4-6-10-24)32(37)30(26-14-16-28(38-3)17-15-26)34-20-19-25-11-7-8-12-27(25)22-34/h4-12,14-17,23,29-30H,13,18-22H2,1-3H3,(H2,33,36). The van der Waals surface area contributed by atoms with E-state index in [4.69, 9.17) is 10.5 Å². The van der Waals surface area contributed by atoms with E-state index in [1.54, 1.807) is 12.0 Å². The van der Waals surface area contributed by atoms with Gasteiger partial charge in [-0.15, -0.1) is 0 Å². The van der Waals surface area contributed by atoms with Crippen LogP contribution in [0.2, 0.25) is 0 Å². The number of nitrogens with zero attached hydrogens (tertiary/aromatic N) is 2. The van der Waals surface area contributed by atoms with Crippen LogP contribution in [0.3, 0.4) is 0 Å². The molecule has 0 aromatic heterocycles. The average Bonchev–Trinajstić information content (AvgIpc) is 2.93. The molecule has 0 aliphatic carbocycles. The fourth-order valence-corrected chi connectivity index (χ4v) is 5.35. The zero-order valence-electron chi connectivity index (χ0n) is 22.7. The summed E-state index contributed by atoms with van der Waals surface area (Å²) in [7, 11) is 1.63. The summed E-state index contributed by atoms with van der Waals surface area (Å²) < 4.78 is 5.37. The molecule has 2 amide bonds. The SMILES string of the molecule is COc1ccc(C(C(=O)N(CC(C)C)C(CCc2ccccc2)C(N)=O)N2CCc3ccccc3C2)cc1. The van der Waals surface area contributed by atoms with Crippen molar-refractivity contribution in [3.05, 3.63) is 101 Å². The smallest absolute Gasteiger partial charge is 0.245 e. The molecule has 1 aliphatic rings. The molecule has 0 saturated carbocycles. The number of benzene rings is 3. The Balaban J connectivity index is 1.69. The zero-order chi connectivity index (χ0) is 27.1. The summed E-state index contributed by atoms with van der Waals surface area (Å²) in [5.41, 5.74) is 10.5. The van der Waals surface area contributed by atoms with Gasteiger partial charge in [0.25, 0.3) is 0 Å². The third kappa shape index (κ3) is 6.62. The second-order valence-corrected chi connectivity index (χ2v) is 10.5. The fraction of sp³-hybridized carbons (Fsp3) is 0.375. The predicted molar refractivity (Wildman–Crippen MR) is 151 cm³/mol. The van der Waals surface area contributed by atoms with Crippen molar-refractivity contribution in [2.45, 2.75) is 51.7 Å². The molecule has 4 rings (SSSR count). The molecule has 2 unspecified atom stereocenters.